The van der Waals surface area contributed by atoms with Gasteiger partial charge in [0.15, 0.2) is 0 Å². The van der Waals surface area contributed by atoms with E-state index in [1.807, 2.05) is 20.8 Å². The summed E-state index contributed by atoms with van der Waals surface area (Å²) in [7, 11) is -0.0332. The largest absolute Gasteiger partial charge is 0.432 e. The molecule has 2 fully saturated rings. The summed E-state index contributed by atoms with van der Waals surface area (Å²) in [6.07, 6.45) is 1.40. The Morgan fingerprint density at radius 1 is 1.31 bits per heavy atom. The molecule has 4 atom stereocenters. The van der Waals surface area contributed by atoms with E-state index in [4.69, 9.17) is 4.52 Å². The number of nitrogens with one attached hydrogen (secondary N) is 2. The van der Waals surface area contributed by atoms with Crippen LogP contribution in [0, 0.1) is 5.41 Å². The summed E-state index contributed by atoms with van der Waals surface area (Å²) in [6.45, 7) is 8.87. The van der Waals surface area contributed by atoms with Crippen molar-refractivity contribution in [3.63, 3.8) is 0 Å². The van der Waals surface area contributed by atoms with Crippen LogP contribution in [0.4, 0.5) is 4.79 Å². The maximum Gasteiger partial charge on any atom is 0.410 e. The van der Waals surface area contributed by atoms with E-state index in [1.165, 1.54) is 4.90 Å². The standard InChI is InChI=1S/C17H30N3O5P/c1-16(2,3)12(19-15(23)25-26-5)14(22)20-9-17(4,24)8-11(20)13(21)18-10-6-7-10/h10-12,24,26H,6-9H2,1-5H3,(H,18,21)(H,19,23)/t11-,12?,17-/m0/s1. The smallest absolute Gasteiger partial charge is 0.410 e. The number of rotatable bonds is 5. The van der Waals surface area contributed by atoms with Gasteiger partial charge in [0, 0.05) is 12.5 Å². The Bertz CT molecular complexity index is 571. The Morgan fingerprint density at radius 3 is 2.42 bits per heavy atom. The topological polar surface area (TPSA) is 108 Å². The molecule has 2 aliphatic rings. The van der Waals surface area contributed by atoms with Gasteiger partial charge >= 0.3 is 6.09 Å². The minimum absolute atomic E-state index is 0.0332. The second-order valence-corrected chi connectivity index (χ2v) is 9.12. The Labute approximate surface area is 156 Å². The van der Waals surface area contributed by atoms with Crippen LogP contribution < -0.4 is 10.6 Å². The van der Waals surface area contributed by atoms with Gasteiger partial charge in [-0.25, -0.2) is 4.79 Å². The van der Waals surface area contributed by atoms with Gasteiger partial charge in [-0.3, -0.25) is 9.59 Å². The summed E-state index contributed by atoms with van der Waals surface area (Å²) in [6, 6.07) is -1.44. The molecule has 0 bridgehead atoms. The molecule has 0 aromatic heterocycles. The first-order chi connectivity index (χ1) is 11.9. The molecule has 26 heavy (non-hydrogen) atoms. The van der Waals surface area contributed by atoms with E-state index in [1.54, 1.807) is 13.6 Å². The molecule has 0 aromatic carbocycles. The zero-order chi connectivity index (χ0) is 19.7. The second-order valence-electron chi connectivity index (χ2n) is 8.50. The van der Waals surface area contributed by atoms with Gasteiger partial charge in [0.05, 0.1) is 21.0 Å². The lowest BCUT2D eigenvalue weighted by Gasteiger charge is -2.35. The summed E-state index contributed by atoms with van der Waals surface area (Å²) in [5.74, 6) is -0.633. The molecule has 1 aliphatic carbocycles. The van der Waals surface area contributed by atoms with Crippen molar-refractivity contribution in [2.24, 2.45) is 5.41 Å². The van der Waals surface area contributed by atoms with Gasteiger partial charge < -0.3 is 25.2 Å². The predicted molar refractivity (Wildman–Crippen MR) is 99.0 cm³/mol. The van der Waals surface area contributed by atoms with Crippen LogP contribution in [0.5, 0.6) is 0 Å². The van der Waals surface area contributed by atoms with Gasteiger partial charge in [-0.1, -0.05) is 20.8 Å². The first kappa shape index (κ1) is 20.9. The fourth-order valence-electron chi connectivity index (χ4n) is 3.11. The third-order valence-electron chi connectivity index (χ3n) is 4.60. The highest BCUT2D eigenvalue weighted by atomic mass is 31.1. The summed E-state index contributed by atoms with van der Waals surface area (Å²) >= 11 is 0. The molecule has 2 unspecified atom stereocenters. The molecule has 8 nitrogen and oxygen atoms in total. The predicted octanol–water partition coefficient (Wildman–Crippen LogP) is 0.981. The van der Waals surface area contributed by atoms with Crippen molar-refractivity contribution in [3.05, 3.63) is 0 Å². The number of carbonyl (C=O) groups is 3. The lowest BCUT2D eigenvalue weighted by atomic mass is 9.85. The lowest BCUT2D eigenvalue weighted by molar-refractivity contribution is -0.142. The Hall–Kier alpha value is -1.40. The lowest BCUT2D eigenvalue weighted by Crippen LogP contribution is -2.57. The number of likely N-dealkylation sites (tertiary alicyclic amines) is 1. The second kappa shape index (κ2) is 7.69. The fraction of sp³-hybridized carbons (Fsp3) is 0.824. The number of carbonyl (C=O) groups excluding carboxylic acids is 3. The third kappa shape index (κ3) is 5.30. The number of hydrogen-bond donors (Lipinski definition) is 3. The maximum absolute atomic E-state index is 13.2. The molecule has 2 rings (SSSR count). The van der Waals surface area contributed by atoms with Crippen LogP contribution in [-0.2, 0) is 14.1 Å². The van der Waals surface area contributed by atoms with E-state index < -0.39 is 29.2 Å². The van der Waals surface area contributed by atoms with Crippen molar-refractivity contribution in [1.82, 2.24) is 15.5 Å². The van der Waals surface area contributed by atoms with E-state index in [-0.39, 0.29) is 39.6 Å². The zero-order valence-electron chi connectivity index (χ0n) is 16.1. The minimum Gasteiger partial charge on any atom is -0.432 e. The summed E-state index contributed by atoms with van der Waals surface area (Å²) in [5, 5.41) is 16.0. The molecule has 0 radical (unpaired) electrons. The van der Waals surface area contributed by atoms with Crippen LogP contribution in [-0.4, -0.2) is 64.9 Å². The van der Waals surface area contributed by atoms with Crippen molar-refractivity contribution in [3.8, 4) is 0 Å². The molecule has 1 aliphatic heterocycles. The van der Waals surface area contributed by atoms with Crippen molar-refractivity contribution in [2.75, 3.05) is 13.2 Å². The summed E-state index contributed by atoms with van der Waals surface area (Å²) < 4.78 is 4.93. The Morgan fingerprint density at radius 2 is 1.92 bits per heavy atom. The van der Waals surface area contributed by atoms with Gasteiger partial charge in [0.1, 0.15) is 12.1 Å². The fourth-order valence-corrected chi connectivity index (χ4v) is 3.36. The van der Waals surface area contributed by atoms with Crippen molar-refractivity contribution in [1.29, 1.82) is 0 Å². The molecule has 3 N–H and O–H groups in total. The Balaban J connectivity index is 2.19. The number of hydrogen-bond acceptors (Lipinski definition) is 5. The highest BCUT2D eigenvalue weighted by Crippen LogP contribution is 2.31. The van der Waals surface area contributed by atoms with Gasteiger partial charge in [-0.15, -0.1) is 0 Å². The average Bonchev–Trinajstić information content (AvgIpc) is 3.24. The van der Waals surface area contributed by atoms with Crippen LogP contribution in [0.3, 0.4) is 0 Å². The third-order valence-corrected chi connectivity index (χ3v) is 4.99. The molecule has 1 heterocycles. The van der Waals surface area contributed by atoms with Gasteiger partial charge in [-0.2, -0.15) is 0 Å². The molecular formula is C17H30N3O5P. The van der Waals surface area contributed by atoms with E-state index in [0.717, 1.165) is 12.8 Å². The monoisotopic (exact) mass is 387 g/mol. The normalized spacial score (nSPS) is 27.5. The first-order valence-corrected chi connectivity index (χ1v) is 10.3. The molecule has 0 spiro atoms. The van der Waals surface area contributed by atoms with Crippen LogP contribution in [0.2, 0.25) is 0 Å². The number of nitrogens with zero attached hydrogens (tertiary/aromatic N) is 1. The van der Waals surface area contributed by atoms with Crippen LogP contribution in [0.15, 0.2) is 0 Å². The highest BCUT2D eigenvalue weighted by molar-refractivity contribution is 7.31. The molecule has 1 saturated heterocycles. The quantitative estimate of drug-likeness (QED) is 0.610. The van der Waals surface area contributed by atoms with Crippen LogP contribution in [0.25, 0.3) is 0 Å². The summed E-state index contributed by atoms with van der Waals surface area (Å²) in [4.78, 5) is 39.1. The highest BCUT2D eigenvalue weighted by Gasteiger charge is 2.49. The maximum atomic E-state index is 13.2. The van der Waals surface area contributed by atoms with Crippen LogP contribution in [0.1, 0.15) is 47.0 Å². The van der Waals surface area contributed by atoms with Gasteiger partial charge in [-0.05, 0) is 31.8 Å². The molecule has 1 saturated carbocycles. The number of β-amino-alcohol motifs (C(OH)–C–C–N with tert-alkyl or cyclic N) is 1. The summed E-state index contributed by atoms with van der Waals surface area (Å²) in [5.41, 5.74) is -1.73. The number of aliphatic hydroxyl groups is 1. The molecule has 3 amide bonds. The van der Waals surface area contributed by atoms with E-state index in [2.05, 4.69) is 10.6 Å². The van der Waals surface area contributed by atoms with Crippen LogP contribution >= 0.6 is 8.81 Å². The van der Waals surface area contributed by atoms with E-state index >= 15 is 0 Å². The van der Waals surface area contributed by atoms with Gasteiger partial charge in [0.2, 0.25) is 11.8 Å². The van der Waals surface area contributed by atoms with Crippen molar-refractivity contribution >= 4 is 26.7 Å². The molecule has 148 valence electrons. The van der Waals surface area contributed by atoms with E-state index in [9.17, 15) is 19.5 Å². The molecular weight excluding hydrogens is 357 g/mol. The van der Waals surface area contributed by atoms with Crippen molar-refractivity contribution < 1.29 is 24.0 Å². The van der Waals surface area contributed by atoms with Gasteiger partial charge in [0.25, 0.3) is 0 Å². The molecule has 0 aromatic rings. The minimum atomic E-state index is -1.14. The number of amides is 3. The SMILES string of the molecule is CPOC(=O)NC(C(=O)N1C[C@@](C)(O)C[C@H]1C(=O)NC1CC1)C(C)(C)C. The first-order valence-electron chi connectivity index (χ1n) is 8.92. The Kier molecular flexibility index (Phi) is 6.18. The molecule has 9 heteroatoms. The zero-order valence-corrected chi connectivity index (χ0v) is 17.1. The van der Waals surface area contributed by atoms with Crippen molar-refractivity contribution in [2.45, 2.75) is 70.7 Å². The van der Waals surface area contributed by atoms with E-state index in [0.29, 0.717) is 0 Å². The average molecular weight is 387 g/mol.